The number of ketones is 1. The first-order valence-corrected chi connectivity index (χ1v) is 8.90. The average molecular weight is 276 g/mol. The molecule has 2 atom stereocenters. The summed E-state index contributed by atoms with van der Waals surface area (Å²) < 4.78 is 5.83. The van der Waals surface area contributed by atoms with Crippen LogP contribution in [0.3, 0.4) is 0 Å². The molecule has 0 aliphatic heterocycles. The topological polar surface area (TPSA) is 83.8 Å². The maximum atomic E-state index is 11.7. The fourth-order valence-electron chi connectivity index (χ4n) is 1.13. The van der Waals surface area contributed by atoms with Gasteiger partial charge in [-0.15, -0.1) is 0 Å². The summed E-state index contributed by atoms with van der Waals surface area (Å²) in [6.45, 7) is 11.8. The first-order chi connectivity index (χ1) is 7.88. The Labute approximate surface area is 109 Å². The first kappa shape index (κ1) is 17.3. The van der Waals surface area contributed by atoms with Crippen molar-refractivity contribution in [2.24, 2.45) is 0 Å². The lowest BCUT2D eigenvalue weighted by atomic mass is 10.1. The van der Waals surface area contributed by atoms with Crippen LogP contribution in [0.1, 0.15) is 34.1 Å². The number of aliphatic hydroxyl groups excluding tert-OH is 1. The number of carboxylic acid groups (broad SMARTS) is 1. The quantitative estimate of drug-likeness (QED) is 0.723. The van der Waals surface area contributed by atoms with Gasteiger partial charge in [-0.3, -0.25) is 4.79 Å². The van der Waals surface area contributed by atoms with Crippen LogP contribution in [-0.2, 0) is 14.0 Å². The number of hydrogen-bond acceptors (Lipinski definition) is 4. The van der Waals surface area contributed by atoms with E-state index in [4.69, 9.17) is 14.6 Å². The minimum absolute atomic E-state index is 0.0209. The summed E-state index contributed by atoms with van der Waals surface area (Å²) in [5.74, 6) is -1.77. The molecule has 18 heavy (non-hydrogen) atoms. The Morgan fingerprint density at radius 1 is 1.28 bits per heavy atom. The molecule has 0 aliphatic rings. The Morgan fingerprint density at radius 3 is 2.06 bits per heavy atom. The Morgan fingerprint density at radius 2 is 1.72 bits per heavy atom. The van der Waals surface area contributed by atoms with E-state index in [1.165, 1.54) is 0 Å². The molecule has 0 fully saturated rings. The molecule has 0 bridgehead atoms. The van der Waals surface area contributed by atoms with E-state index >= 15 is 0 Å². The highest BCUT2D eigenvalue weighted by molar-refractivity contribution is 6.74. The van der Waals surface area contributed by atoms with E-state index in [-0.39, 0.29) is 10.8 Å². The van der Waals surface area contributed by atoms with Gasteiger partial charge in [0.25, 0.3) is 0 Å². The van der Waals surface area contributed by atoms with Crippen LogP contribution in [0, 0.1) is 0 Å². The summed E-state index contributed by atoms with van der Waals surface area (Å²) in [7, 11) is -2.06. The molecule has 0 aliphatic carbocycles. The minimum atomic E-state index is -2.06. The summed E-state index contributed by atoms with van der Waals surface area (Å²) in [5, 5.41) is 17.7. The van der Waals surface area contributed by atoms with Gasteiger partial charge in [-0.05, 0) is 25.1 Å². The number of hydrogen-bond donors (Lipinski definition) is 2. The van der Waals surface area contributed by atoms with Gasteiger partial charge in [-0.1, -0.05) is 20.8 Å². The van der Waals surface area contributed by atoms with E-state index < -0.39 is 32.9 Å². The van der Waals surface area contributed by atoms with Crippen LogP contribution >= 0.6 is 0 Å². The predicted molar refractivity (Wildman–Crippen MR) is 71.0 cm³/mol. The number of Topliss-reactive ketones (excluding diaryl/α,β-unsaturated/α-hetero) is 1. The minimum Gasteiger partial charge on any atom is -0.479 e. The second-order valence-electron chi connectivity index (χ2n) is 6.04. The van der Waals surface area contributed by atoms with Gasteiger partial charge in [0.15, 0.2) is 20.2 Å². The van der Waals surface area contributed by atoms with Crippen molar-refractivity contribution in [1.29, 1.82) is 0 Å². The van der Waals surface area contributed by atoms with Crippen LogP contribution in [0.4, 0.5) is 0 Å². The predicted octanol–water partition coefficient (Wildman–Crippen LogP) is 1.80. The molecule has 0 rings (SSSR count). The van der Waals surface area contributed by atoms with Gasteiger partial charge in [0, 0.05) is 6.42 Å². The Balaban J connectivity index is 4.55. The van der Waals surface area contributed by atoms with Crippen molar-refractivity contribution >= 4 is 20.1 Å². The van der Waals surface area contributed by atoms with Crippen molar-refractivity contribution in [2.45, 2.75) is 64.5 Å². The van der Waals surface area contributed by atoms with Gasteiger partial charge in [0.05, 0.1) is 0 Å². The highest BCUT2D eigenvalue weighted by Crippen LogP contribution is 2.37. The number of rotatable bonds is 6. The molecule has 0 saturated carbocycles. The lowest BCUT2D eigenvalue weighted by Gasteiger charge is -2.38. The molecule has 0 aromatic heterocycles. The molecule has 106 valence electrons. The summed E-state index contributed by atoms with van der Waals surface area (Å²) in [4.78, 5) is 22.2. The zero-order valence-electron chi connectivity index (χ0n) is 12.0. The van der Waals surface area contributed by atoms with Crippen molar-refractivity contribution in [3.63, 3.8) is 0 Å². The first-order valence-electron chi connectivity index (χ1n) is 6.00. The van der Waals surface area contributed by atoms with Gasteiger partial charge in [0.2, 0.25) is 0 Å². The lowest BCUT2D eigenvalue weighted by molar-refractivity contribution is -0.149. The van der Waals surface area contributed by atoms with Gasteiger partial charge in [0.1, 0.15) is 6.10 Å². The zero-order valence-corrected chi connectivity index (χ0v) is 13.0. The van der Waals surface area contributed by atoms with E-state index in [1.54, 1.807) is 6.92 Å². The van der Waals surface area contributed by atoms with Crippen molar-refractivity contribution in [1.82, 2.24) is 0 Å². The molecule has 0 aromatic rings. The monoisotopic (exact) mass is 276 g/mol. The zero-order chi connectivity index (χ0) is 14.7. The molecule has 0 aromatic carbocycles. The third kappa shape index (κ3) is 4.87. The molecule has 0 amide bonds. The van der Waals surface area contributed by atoms with Crippen LogP contribution < -0.4 is 0 Å². The molecule has 0 unspecified atom stereocenters. The Kier molecular flexibility index (Phi) is 5.71. The molecule has 0 heterocycles. The summed E-state index contributed by atoms with van der Waals surface area (Å²) in [5.41, 5.74) is 0. The Bertz CT molecular complexity index is 319. The second kappa shape index (κ2) is 5.95. The summed E-state index contributed by atoms with van der Waals surface area (Å²) in [6, 6.07) is 0. The van der Waals surface area contributed by atoms with Crippen LogP contribution in [-0.4, -0.2) is 42.5 Å². The van der Waals surface area contributed by atoms with E-state index in [2.05, 4.69) is 20.8 Å². The number of carboxylic acids is 1. The van der Waals surface area contributed by atoms with Crippen molar-refractivity contribution < 1.29 is 24.2 Å². The van der Waals surface area contributed by atoms with Crippen molar-refractivity contribution in [3.8, 4) is 0 Å². The highest BCUT2D eigenvalue weighted by Gasteiger charge is 2.39. The average Bonchev–Trinajstić information content (AvgIpc) is 2.14. The van der Waals surface area contributed by atoms with Crippen molar-refractivity contribution in [3.05, 3.63) is 0 Å². The normalized spacial score (nSPS) is 16.2. The van der Waals surface area contributed by atoms with E-state index in [0.29, 0.717) is 0 Å². The number of aliphatic carboxylic acids is 1. The molecule has 0 saturated heterocycles. The van der Waals surface area contributed by atoms with Crippen molar-refractivity contribution in [2.75, 3.05) is 0 Å². The van der Waals surface area contributed by atoms with Crippen LogP contribution in [0.2, 0.25) is 18.1 Å². The molecule has 0 radical (unpaired) electrons. The fourth-order valence-corrected chi connectivity index (χ4v) is 2.50. The third-order valence-corrected chi connectivity index (χ3v) is 7.97. The highest BCUT2D eigenvalue weighted by atomic mass is 28.4. The Hall–Kier alpha value is -0.723. The summed E-state index contributed by atoms with van der Waals surface area (Å²) >= 11 is 0. The van der Waals surface area contributed by atoms with Gasteiger partial charge in [-0.2, -0.15) is 0 Å². The van der Waals surface area contributed by atoms with Gasteiger partial charge in [-0.25, -0.2) is 4.79 Å². The van der Waals surface area contributed by atoms with Crippen LogP contribution in [0.15, 0.2) is 0 Å². The van der Waals surface area contributed by atoms with E-state index in [0.717, 1.165) is 0 Å². The summed E-state index contributed by atoms with van der Waals surface area (Å²) in [6.07, 6.45) is -2.74. The largest absolute Gasteiger partial charge is 0.479 e. The van der Waals surface area contributed by atoms with E-state index in [9.17, 15) is 9.59 Å². The molecule has 5 nitrogen and oxygen atoms in total. The number of carbonyl (C=O) groups excluding carboxylic acids is 1. The fraction of sp³-hybridized carbons (Fsp3) is 0.833. The van der Waals surface area contributed by atoms with Gasteiger partial charge >= 0.3 is 5.97 Å². The second-order valence-corrected chi connectivity index (χ2v) is 10.8. The molecule has 6 heteroatoms. The smallest absolute Gasteiger partial charge is 0.332 e. The molecule has 0 spiro atoms. The molecular weight excluding hydrogens is 252 g/mol. The van der Waals surface area contributed by atoms with Crippen LogP contribution in [0.5, 0.6) is 0 Å². The number of aliphatic hydroxyl groups is 1. The van der Waals surface area contributed by atoms with Gasteiger partial charge < -0.3 is 14.6 Å². The lowest BCUT2D eigenvalue weighted by Crippen LogP contribution is -2.45. The van der Waals surface area contributed by atoms with E-state index in [1.807, 2.05) is 13.1 Å². The standard InChI is InChI=1S/C12H24O5Si/c1-8(9(13)7-10(14)11(15)16)17-18(5,6)12(2,3)4/h8,10,14H,7H2,1-6H3,(H,15,16)/t8-,10+/m1/s1. The maximum absolute atomic E-state index is 11.7. The molecular formula is C12H24O5Si. The molecule has 2 N–H and O–H groups in total. The maximum Gasteiger partial charge on any atom is 0.332 e. The SMILES string of the molecule is C[C@@H](O[Si](C)(C)C(C)(C)C)C(=O)C[C@H](O)C(=O)O. The van der Waals surface area contributed by atoms with Crippen LogP contribution in [0.25, 0.3) is 0 Å². The third-order valence-electron chi connectivity index (χ3n) is 3.41. The number of carbonyl (C=O) groups is 2.